The quantitative estimate of drug-likeness (QED) is 0.857. The summed E-state index contributed by atoms with van der Waals surface area (Å²) in [4.78, 5) is 11.7. The van der Waals surface area contributed by atoms with Crippen molar-refractivity contribution in [1.82, 2.24) is 0 Å². The van der Waals surface area contributed by atoms with Crippen molar-refractivity contribution < 1.29 is 23.4 Å². The number of benzene rings is 1. The SMILES string of the molecule is CCOC(=O)C(C)(O)C(C)c1cc(F)c(C)cc1F. The summed E-state index contributed by atoms with van der Waals surface area (Å²) in [6.45, 7) is 5.82. The van der Waals surface area contributed by atoms with Crippen LogP contribution >= 0.6 is 0 Å². The Morgan fingerprint density at radius 2 is 2.00 bits per heavy atom. The Balaban J connectivity index is 3.15. The monoisotopic (exact) mass is 272 g/mol. The van der Waals surface area contributed by atoms with Gasteiger partial charge in [0.05, 0.1) is 6.61 Å². The normalized spacial score (nSPS) is 15.7. The standard InChI is InChI=1S/C14H18F2O3/c1-5-19-13(17)14(4,18)9(3)10-7-11(15)8(2)6-12(10)16/h6-7,9,18H,5H2,1-4H3. The van der Waals surface area contributed by atoms with Crippen molar-refractivity contribution in [2.45, 2.75) is 39.2 Å². The highest BCUT2D eigenvalue weighted by atomic mass is 19.1. The number of esters is 1. The molecule has 19 heavy (non-hydrogen) atoms. The molecule has 0 amide bonds. The van der Waals surface area contributed by atoms with Crippen molar-refractivity contribution in [2.75, 3.05) is 6.61 Å². The number of halogens is 2. The van der Waals surface area contributed by atoms with Crippen LogP contribution in [0, 0.1) is 18.6 Å². The lowest BCUT2D eigenvalue weighted by atomic mass is 9.84. The van der Waals surface area contributed by atoms with Gasteiger partial charge < -0.3 is 9.84 Å². The fourth-order valence-electron chi connectivity index (χ4n) is 1.75. The minimum absolute atomic E-state index is 0.0545. The van der Waals surface area contributed by atoms with Crippen molar-refractivity contribution in [3.63, 3.8) is 0 Å². The van der Waals surface area contributed by atoms with Gasteiger partial charge in [0.25, 0.3) is 0 Å². The van der Waals surface area contributed by atoms with Crippen LogP contribution in [0.25, 0.3) is 0 Å². The molecule has 0 aromatic heterocycles. The van der Waals surface area contributed by atoms with E-state index in [-0.39, 0.29) is 17.7 Å². The van der Waals surface area contributed by atoms with Gasteiger partial charge in [0.1, 0.15) is 11.6 Å². The van der Waals surface area contributed by atoms with Crippen molar-refractivity contribution in [2.24, 2.45) is 0 Å². The van der Waals surface area contributed by atoms with E-state index >= 15 is 0 Å². The van der Waals surface area contributed by atoms with Crippen LogP contribution in [0.1, 0.15) is 37.8 Å². The van der Waals surface area contributed by atoms with Crippen LogP contribution in [-0.2, 0) is 9.53 Å². The summed E-state index contributed by atoms with van der Waals surface area (Å²) in [5.41, 5.74) is -1.80. The maximum absolute atomic E-state index is 13.8. The zero-order chi connectivity index (χ0) is 14.8. The first-order valence-electron chi connectivity index (χ1n) is 6.07. The molecule has 0 saturated heterocycles. The number of aliphatic hydroxyl groups is 1. The zero-order valence-electron chi connectivity index (χ0n) is 11.5. The molecular weight excluding hydrogens is 254 g/mol. The van der Waals surface area contributed by atoms with E-state index in [0.29, 0.717) is 0 Å². The number of carbonyl (C=O) groups excluding carboxylic acids is 1. The van der Waals surface area contributed by atoms with Gasteiger partial charge in [-0.2, -0.15) is 0 Å². The molecule has 1 N–H and O–H groups in total. The maximum Gasteiger partial charge on any atom is 0.338 e. The fourth-order valence-corrected chi connectivity index (χ4v) is 1.75. The second kappa shape index (κ2) is 5.65. The van der Waals surface area contributed by atoms with Crippen LogP contribution in [-0.4, -0.2) is 23.3 Å². The lowest BCUT2D eigenvalue weighted by Gasteiger charge is -2.28. The van der Waals surface area contributed by atoms with Crippen LogP contribution in [0.2, 0.25) is 0 Å². The smallest absolute Gasteiger partial charge is 0.338 e. The van der Waals surface area contributed by atoms with Crippen molar-refractivity contribution in [1.29, 1.82) is 0 Å². The zero-order valence-corrected chi connectivity index (χ0v) is 11.5. The summed E-state index contributed by atoms with van der Waals surface area (Å²) in [5.74, 6) is -3.02. The fraction of sp³-hybridized carbons (Fsp3) is 0.500. The van der Waals surface area contributed by atoms with E-state index in [2.05, 4.69) is 0 Å². The first kappa shape index (κ1) is 15.6. The molecular formula is C14H18F2O3. The number of carbonyl (C=O) groups is 1. The topological polar surface area (TPSA) is 46.5 Å². The molecule has 1 rings (SSSR count). The molecule has 0 radical (unpaired) electrons. The van der Waals surface area contributed by atoms with Gasteiger partial charge in [0.15, 0.2) is 5.60 Å². The molecule has 1 aromatic rings. The van der Waals surface area contributed by atoms with Crippen LogP contribution in [0.5, 0.6) is 0 Å². The summed E-state index contributed by atoms with van der Waals surface area (Å²) in [5, 5.41) is 10.2. The average Bonchev–Trinajstić information content (AvgIpc) is 2.33. The van der Waals surface area contributed by atoms with Crippen molar-refractivity contribution >= 4 is 5.97 Å². The molecule has 5 heteroatoms. The third-order valence-corrected chi connectivity index (χ3v) is 3.28. The van der Waals surface area contributed by atoms with E-state index in [0.717, 1.165) is 12.1 Å². The number of rotatable bonds is 4. The Bertz CT molecular complexity index is 484. The molecule has 0 heterocycles. The van der Waals surface area contributed by atoms with Gasteiger partial charge in [-0.25, -0.2) is 13.6 Å². The molecule has 106 valence electrons. The second-order valence-electron chi connectivity index (χ2n) is 4.71. The lowest BCUT2D eigenvalue weighted by molar-refractivity contribution is -0.165. The number of hydrogen-bond acceptors (Lipinski definition) is 3. The van der Waals surface area contributed by atoms with E-state index in [1.54, 1.807) is 6.92 Å². The Morgan fingerprint density at radius 1 is 1.42 bits per heavy atom. The van der Waals surface area contributed by atoms with Crippen LogP contribution in [0.3, 0.4) is 0 Å². The molecule has 0 aliphatic heterocycles. The van der Waals surface area contributed by atoms with E-state index in [1.807, 2.05) is 0 Å². The third-order valence-electron chi connectivity index (χ3n) is 3.28. The van der Waals surface area contributed by atoms with Gasteiger partial charge >= 0.3 is 5.97 Å². The molecule has 2 unspecified atom stereocenters. The molecule has 0 spiro atoms. The molecule has 0 bridgehead atoms. The Hall–Kier alpha value is -1.49. The Kier molecular flexibility index (Phi) is 4.63. The number of ether oxygens (including phenoxy) is 1. The van der Waals surface area contributed by atoms with E-state index < -0.39 is 29.1 Å². The highest BCUT2D eigenvalue weighted by Gasteiger charge is 2.40. The molecule has 3 nitrogen and oxygen atoms in total. The molecule has 2 atom stereocenters. The minimum atomic E-state index is -1.92. The minimum Gasteiger partial charge on any atom is -0.464 e. The summed E-state index contributed by atoms with van der Waals surface area (Å²) in [6.07, 6.45) is 0. The number of hydrogen-bond donors (Lipinski definition) is 1. The van der Waals surface area contributed by atoms with Crippen molar-refractivity contribution in [3.05, 3.63) is 34.9 Å². The van der Waals surface area contributed by atoms with E-state index in [4.69, 9.17) is 4.74 Å². The molecule has 0 aliphatic rings. The Morgan fingerprint density at radius 3 is 2.53 bits per heavy atom. The van der Waals surface area contributed by atoms with Crippen LogP contribution < -0.4 is 0 Å². The highest BCUT2D eigenvalue weighted by Crippen LogP contribution is 2.32. The summed E-state index contributed by atoms with van der Waals surface area (Å²) in [7, 11) is 0. The van der Waals surface area contributed by atoms with Gasteiger partial charge in [-0.05, 0) is 44.0 Å². The summed E-state index contributed by atoms with van der Waals surface area (Å²) >= 11 is 0. The van der Waals surface area contributed by atoms with Gasteiger partial charge in [-0.1, -0.05) is 6.92 Å². The lowest BCUT2D eigenvalue weighted by Crippen LogP contribution is -2.42. The number of aryl methyl sites for hydroxylation is 1. The predicted octanol–water partition coefficient (Wildman–Crippen LogP) is 2.69. The first-order valence-corrected chi connectivity index (χ1v) is 6.07. The van der Waals surface area contributed by atoms with Gasteiger partial charge in [0, 0.05) is 5.92 Å². The first-order chi connectivity index (χ1) is 8.71. The Labute approximate surface area is 111 Å². The summed E-state index contributed by atoms with van der Waals surface area (Å²) < 4.78 is 32.1. The molecule has 0 saturated carbocycles. The molecule has 1 aromatic carbocycles. The maximum atomic E-state index is 13.8. The van der Waals surface area contributed by atoms with Gasteiger partial charge in [-0.15, -0.1) is 0 Å². The van der Waals surface area contributed by atoms with Crippen LogP contribution in [0.15, 0.2) is 12.1 Å². The summed E-state index contributed by atoms with van der Waals surface area (Å²) in [6, 6.07) is 2.05. The van der Waals surface area contributed by atoms with Crippen molar-refractivity contribution in [3.8, 4) is 0 Å². The predicted molar refractivity (Wildman–Crippen MR) is 66.8 cm³/mol. The largest absolute Gasteiger partial charge is 0.464 e. The van der Waals surface area contributed by atoms with Gasteiger partial charge in [-0.3, -0.25) is 0 Å². The average molecular weight is 272 g/mol. The highest BCUT2D eigenvalue weighted by molar-refractivity contribution is 5.80. The van der Waals surface area contributed by atoms with E-state index in [1.165, 1.54) is 20.8 Å². The molecule has 0 aliphatic carbocycles. The molecule has 0 fully saturated rings. The van der Waals surface area contributed by atoms with Crippen LogP contribution in [0.4, 0.5) is 8.78 Å². The third kappa shape index (κ3) is 3.10. The second-order valence-corrected chi connectivity index (χ2v) is 4.71. The van der Waals surface area contributed by atoms with E-state index in [9.17, 15) is 18.7 Å². The van der Waals surface area contributed by atoms with Gasteiger partial charge in [0.2, 0.25) is 0 Å².